The van der Waals surface area contributed by atoms with Gasteiger partial charge in [-0.1, -0.05) is 0 Å². The van der Waals surface area contributed by atoms with E-state index in [9.17, 15) is 0 Å². The molecule has 2 unspecified atom stereocenters. The fourth-order valence-electron chi connectivity index (χ4n) is 3.71. The summed E-state index contributed by atoms with van der Waals surface area (Å²) in [4.78, 5) is 1.40. The van der Waals surface area contributed by atoms with Crippen LogP contribution in [0.5, 0.6) is 0 Å². The van der Waals surface area contributed by atoms with Crippen molar-refractivity contribution in [3.8, 4) is 0 Å². The minimum atomic E-state index is -2.22. The summed E-state index contributed by atoms with van der Waals surface area (Å²) in [5.41, 5.74) is 6.99. The van der Waals surface area contributed by atoms with Crippen molar-refractivity contribution >= 4 is 57.5 Å². The zero-order valence-electron chi connectivity index (χ0n) is 13.5. The van der Waals surface area contributed by atoms with Crippen molar-refractivity contribution in [2.24, 2.45) is 0 Å². The van der Waals surface area contributed by atoms with Crippen molar-refractivity contribution in [3.63, 3.8) is 0 Å². The Morgan fingerprint density at radius 2 is 1.85 bits per heavy atom. The van der Waals surface area contributed by atoms with Crippen LogP contribution >= 0.6 is 36.5 Å². The van der Waals surface area contributed by atoms with Crippen LogP contribution in [-0.4, -0.2) is 4.16 Å². The standard InChI is InChI=1S/C11H6BrS.C9H7.2ClH.S.Zr/c12-11-6-9-8-4-2-1-3-7(8)5-10(9)13-11;1-2-5-9-7-3-6-8(9)4-1;;;;/h1-2,4-6,11H;1-7H;2*1H;;/q;;;;;+2/p-2. The van der Waals surface area contributed by atoms with Gasteiger partial charge >= 0.3 is 167 Å². The summed E-state index contributed by atoms with van der Waals surface area (Å²) in [5, 5.41) is 0. The number of hydrogen-bond acceptors (Lipinski definition) is 2. The topological polar surface area (TPSA) is 0 Å². The SMILES string of the molecule is [Cl-].[Cl-].[S]=[Zr+2]([c]1cccc2c1C=C1SC(Br)C=C12)[CH]1C=Cc2ccccc21. The zero-order valence-corrected chi connectivity index (χ0v) is 20.6. The average molecular weight is 559 g/mol. The van der Waals surface area contributed by atoms with Gasteiger partial charge in [0.25, 0.3) is 0 Å². The van der Waals surface area contributed by atoms with Crippen LogP contribution in [0.2, 0.25) is 0 Å². The summed E-state index contributed by atoms with van der Waals surface area (Å²) >= 11 is 3.37. The van der Waals surface area contributed by atoms with Crippen LogP contribution in [-0.2, 0) is 19.7 Å². The van der Waals surface area contributed by atoms with Gasteiger partial charge in [0.15, 0.2) is 0 Å². The van der Waals surface area contributed by atoms with E-state index < -0.39 is 19.7 Å². The molecule has 0 N–H and O–H groups in total. The van der Waals surface area contributed by atoms with Gasteiger partial charge in [-0.3, -0.25) is 0 Å². The average Bonchev–Trinajstić information content (AvgIpc) is 3.25. The number of allylic oxidation sites excluding steroid dienone is 2. The molecule has 0 amide bonds. The summed E-state index contributed by atoms with van der Waals surface area (Å²) < 4.78 is 2.36. The van der Waals surface area contributed by atoms with Gasteiger partial charge in [0, 0.05) is 0 Å². The third kappa shape index (κ3) is 3.36. The fourth-order valence-corrected chi connectivity index (χ4v) is 12.4. The number of rotatable bonds is 2. The van der Waals surface area contributed by atoms with E-state index in [1.165, 1.54) is 36.0 Å². The molecule has 1 heterocycles. The van der Waals surface area contributed by atoms with Crippen LogP contribution in [0.15, 0.2) is 59.5 Å². The summed E-state index contributed by atoms with van der Waals surface area (Å²) in [6, 6.07) is 15.5. The first kappa shape index (κ1) is 20.9. The van der Waals surface area contributed by atoms with Crippen molar-refractivity contribution in [1.82, 2.24) is 0 Å². The molecule has 0 bridgehead atoms. The predicted molar refractivity (Wildman–Crippen MR) is 108 cm³/mol. The first-order valence-corrected chi connectivity index (χ1v) is 15.8. The summed E-state index contributed by atoms with van der Waals surface area (Å²) in [6.45, 7) is 0. The molecule has 2 aromatic carbocycles. The van der Waals surface area contributed by atoms with E-state index in [2.05, 4.69) is 82.7 Å². The molecule has 0 spiro atoms. The third-order valence-electron chi connectivity index (χ3n) is 4.82. The summed E-state index contributed by atoms with van der Waals surface area (Å²) in [5.74, 6) is 0. The molecular weight excluding hydrogens is 546 g/mol. The molecule has 0 fully saturated rings. The summed E-state index contributed by atoms with van der Waals surface area (Å²) in [7, 11) is 6.22. The molecule has 0 aromatic heterocycles. The van der Waals surface area contributed by atoms with E-state index in [4.69, 9.17) is 8.86 Å². The Balaban J connectivity index is 0.000000980. The van der Waals surface area contributed by atoms with Gasteiger partial charge < -0.3 is 24.8 Å². The van der Waals surface area contributed by atoms with Crippen molar-refractivity contribution in [2.75, 3.05) is 0 Å². The third-order valence-corrected chi connectivity index (χ3v) is 14.4. The quantitative estimate of drug-likeness (QED) is 0.477. The molecule has 1 aliphatic heterocycles. The van der Waals surface area contributed by atoms with Crippen molar-refractivity contribution in [1.29, 1.82) is 0 Å². The molecule has 2 atom stereocenters. The predicted octanol–water partition coefficient (Wildman–Crippen LogP) is 0.0244. The normalized spacial score (nSPS) is 20.6. The molecule has 0 saturated heterocycles. The van der Waals surface area contributed by atoms with Gasteiger partial charge in [0.2, 0.25) is 0 Å². The van der Waals surface area contributed by atoms with Crippen molar-refractivity contribution in [2.45, 2.75) is 7.79 Å². The fraction of sp³-hybridized carbons (Fsp3) is 0.100. The molecule has 2 aliphatic carbocycles. The first-order valence-electron chi connectivity index (χ1n) is 7.92. The monoisotopic (exact) mass is 556 g/mol. The number of thioether (sulfide) groups is 1. The van der Waals surface area contributed by atoms with Gasteiger partial charge in [0.05, 0.1) is 0 Å². The number of alkyl halides is 1. The maximum atomic E-state index is 6.22. The van der Waals surface area contributed by atoms with Crippen LogP contribution in [0.1, 0.15) is 25.9 Å². The number of fused-ring (bicyclic) bond motifs is 4. The Morgan fingerprint density at radius 1 is 1.04 bits per heavy atom. The molecule has 130 valence electrons. The van der Waals surface area contributed by atoms with Crippen LogP contribution in [0, 0.1) is 0 Å². The van der Waals surface area contributed by atoms with Crippen molar-refractivity contribution < 1.29 is 44.5 Å². The van der Waals surface area contributed by atoms with Gasteiger partial charge in [-0.2, -0.15) is 0 Å². The maximum absolute atomic E-state index is 6.22. The molecule has 6 heteroatoms. The number of benzene rings is 2. The Labute approximate surface area is 189 Å². The van der Waals surface area contributed by atoms with Crippen LogP contribution in [0.4, 0.5) is 0 Å². The van der Waals surface area contributed by atoms with Gasteiger partial charge in [-0.05, 0) is 0 Å². The molecule has 0 radical (unpaired) electrons. The number of hydrogen-bond donors (Lipinski definition) is 0. The molecule has 26 heavy (non-hydrogen) atoms. The van der Waals surface area contributed by atoms with E-state index in [0.717, 1.165) is 0 Å². The van der Waals surface area contributed by atoms with E-state index in [1.54, 1.807) is 0 Å². The van der Waals surface area contributed by atoms with E-state index in [1.807, 2.05) is 11.8 Å². The second-order valence-electron chi connectivity index (χ2n) is 6.15. The summed E-state index contributed by atoms with van der Waals surface area (Å²) in [6.07, 6.45) is 9.32. The van der Waals surface area contributed by atoms with Gasteiger partial charge in [0.1, 0.15) is 0 Å². The molecule has 5 rings (SSSR count). The van der Waals surface area contributed by atoms with Crippen molar-refractivity contribution in [3.05, 3.63) is 81.8 Å². The number of halogens is 3. The molecule has 3 aliphatic rings. The first-order chi connectivity index (χ1) is 11.7. The minimum absolute atomic E-state index is 0. The van der Waals surface area contributed by atoms with Gasteiger partial charge in [-0.25, -0.2) is 0 Å². The second kappa shape index (κ2) is 8.27. The Morgan fingerprint density at radius 3 is 2.69 bits per heavy atom. The van der Waals surface area contributed by atoms with E-state index >= 15 is 0 Å². The second-order valence-corrected chi connectivity index (χ2v) is 16.2. The zero-order chi connectivity index (χ0) is 16.3. The van der Waals surface area contributed by atoms with E-state index in [-0.39, 0.29) is 24.8 Å². The molecule has 2 aromatic rings. The van der Waals surface area contributed by atoms with Gasteiger partial charge in [-0.15, -0.1) is 0 Å². The van der Waals surface area contributed by atoms with Crippen LogP contribution < -0.4 is 28.1 Å². The molecule has 0 saturated carbocycles. The Bertz CT molecular complexity index is 997. The van der Waals surface area contributed by atoms with E-state index in [0.29, 0.717) is 7.79 Å². The van der Waals surface area contributed by atoms with Crippen LogP contribution in [0.3, 0.4) is 0 Å². The Kier molecular flexibility index (Phi) is 6.65. The molecule has 0 nitrogen and oxygen atoms in total. The Hall–Kier alpha value is 0.173. The molecular formula is C20H13BrCl2S2Zr. The van der Waals surface area contributed by atoms with Crippen LogP contribution in [0.25, 0.3) is 17.7 Å².